The zero-order valence-corrected chi connectivity index (χ0v) is 27.3. The molecule has 6 rings (SSSR count). The number of hydrogen-bond acceptors (Lipinski definition) is 10. The van der Waals surface area contributed by atoms with Crippen LogP contribution in [0.2, 0.25) is 0 Å². The number of carboxylic acid groups (broad SMARTS) is 1. The molecule has 2 aromatic carbocycles. The van der Waals surface area contributed by atoms with Gasteiger partial charge in [0.2, 0.25) is 16.9 Å². The Hall–Kier alpha value is -5.78. The van der Waals surface area contributed by atoms with Crippen molar-refractivity contribution in [3.63, 3.8) is 0 Å². The van der Waals surface area contributed by atoms with Crippen molar-refractivity contribution in [3.05, 3.63) is 101 Å². The number of carbonyl (C=O) groups is 2. The first-order chi connectivity index (χ1) is 22.7. The van der Waals surface area contributed by atoms with Crippen molar-refractivity contribution in [3.8, 4) is 0 Å². The fourth-order valence-electron chi connectivity index (χ4n) is 5.14. The number of nitrogens with two attached hydrogens (primary N) is 1. The molecule has 48 heavy (non-hydrogen) atoms. The molecule has 4 aromatic heterocycles. The van der Waals surface area contributed by atoms with Gasteiger partial charge in [-0.1, -0.05) is 39.8 Å². The predicted molar refractivity (Wildman–Crippen MR) is 183 cm³/mol. The number of aromatic amines is 1. The molecule has 12 heteroatoms. The first-order valence-electron chi connectivity index (χ1n) is 15.3. The number of aryl methyl sites for hydroxylation is 2. The van der Waals surface area contributed by atoms with Crippen molar-refractivity contribution in [2.45, 2.75) is 53.9 Å². The fourth-order valence-corrected chi connectivity index (χ4v) is 5.14. The molecule has 0 saturated carbocycles. The Balaban J connectivity index is 0.000000190. The van der Waals surface area contributed by atoms with Crippen molar-refractivity contribution < 1.29 is 28.3 Å². The SMILES string of the molecule is CC(C)c1ccc2oc3nc(N)c(C(=O)O)cc3c(=O)c2c1.Cc1ccc2c([nH]c(=O)c3c(=O)cc(C(=O)OCCC(C)C)oc32)c1C. The molecule has 12 nitrogen and oxygen atoms in total. The number of nitrogens with zero attached hydrogens (tertiary/aromatic N) is 1. The number of aromatic nitrogens is 2. The van der Waals surface area contributed by atoms with E-state index in [9.17, 15) is 24.0 Å². The normalized spacial score (nSPS) is 11.4. The molecule has 6 aromatic rings. The lowest BCUT2D eigenvalue weighted by Gasteiger charge is -2.09. The third-order valence-electron chi connectivity index (χ3n) is 8.14. The molecule has 0 saturated heterocycles. The zero-order chi connectivity index (χ0) is 35.0. The second kappa shape index (κ2) is 13.1. The number of esters is 1. The Morgan fingerprint density at radius 3 is 2.35 bits per heavy atom. The van der Waals surface area contributed by atoms with Gasteiger partial charge in [-0.25, -0.2) is 9.59 Å². The Kier molecular flexibility index (Phi) is 9.20. The molecule has 0 atom stereocenters. The highest BCUT2D eigenvalue weighted by molar-refractivity contribution is 6.04. The van der Waals surface area contributed by atoms with Crippen LogP contribution in [0.1, 0.15) is 77.6 Å². The highest BCUT2D eigenvalue weighted by atomic mass is 16.5. The molecule has 0 amide bonds. The van der Waals surface area contributed by atoms with Gasteiger partial charge in [0.25, 0.3) is 5.56 Å². The van der Waals surface area contributed by atoms with Crippen LogP contribution >= 0.6 is 0 Å². The molecule has 0 aliphatic carbocycles. The number of nitrogen functional groups attached to an aromatic ring is 1. The minimum Gasteiger partial charge on any atom is -0.478 e. The van der Waals surface area contributed by atoms with E-state index < -0.39 is 22.9 Å². The lowest BCUT2D eigenvalue weighted by atomic mass is 10.0. The van der Waals surface area contributed by atoms with E-state index in [0.717, 1.165) is 22.8 Å². The van der Waals surface area contributed by atoms with Crippen LogP contribution in [-0.4, -0.2) is 33.6 Å². The number of ether oxygens (including phenoxy) is 1. The molecule has 0 aliphatic heterocycles. The average molecular weight is 654 g/mol. The van der Waals surface area contributed by atoms with Crippen LogP contribution in [0.15, 0.2) is 65.7 Å². The molecule has 248 valence electrons. The minimum absolute atomic E-state index is 0.0392. The van der Waals surface area contributed by atoms with Crippen LogP contribution in [0.25, 0.3) is 43.9 Å². The third-order valence-corrected chi connectivity index (χ3v) is 8.14. The smallest absolute Gasteiger partial charge is 0.374 e. The van der Waals surface area contributed by atoms with Crippen molar-refractivity contribution in [1.29, 1.82) is 0 Å². The van der Waals surface area contributed by atoms with Gasteiger partial charge in [0.1, 0.15) is 22.4 Å². The summed E-state index contributed by atoms with van der Waals surface area (Å²) < 4.78 is 16.4. The van der Waals surface area contributed by atoms with Gasteiger partial charge in [-0.15, -0.1) is 0 Å². The summed E-state index contributed by atoms with van der Waals surface area (Å²) in [6.07, 6.45) is 0.713. The van der Waals surface area contributed by atoms with Crippen molar-refractivity contribution in [1.82, 2.24) is 9.97 Å². The summed E-state index contributed by atoms with van der Waals surface area (Å²) >= 11 is 0. The predicted octanol–water partition coefficient (Wildman–Crippen LogP) is 6.20. The Morgan fingerprint density at radius 2 is 1.69 bits per heavy atom. The largest absolute Gasteiger partial charge is 0.478 e. The highest BCUT2D eigenvalue weighted by Crippen LogP contribution is 2.26. The van der Waals surface area contributed by atoms with Crippen LogP contribution in [0.3, 0.4) is 0 Å². The summed E-state index contributed by atoms with van der Waals surface area (Å²) in [7, 11) is 0. The molecule has 4 N–H and O–H groups in total. The van der Waals surface area contributed by atoms with Gasteiger partial charge >= 0.3 is 11.9 Å². The lowest BCUT2D eigenvalue weighted by Crippen LogP contribution is -2.18. The number of pyridine rings is 2. The molecule has 0 fully saturated rings. The number of aromatic carboxylic acids is 1. The molecule has 0 radical (unpaired) electrons. The van der Waals surface area contributed by atoms with Crippen LogP contribution in [0.4, 0.5) is 5.82 Å². The quantitative estimate of drug-likeness (QED) is 0.105. The highest BCUT2D eigenvalue weighted by Gasteiger charge is 2.19. The first kappa shape index (κ1) is 33.6. The van der Waals surface area contributed by atoms with Gasteiger partial charge in [0, 0.05) is 11.5 Å². The Labute approximate surface area is 273 Å². The number of fused-ring (bicyclic) bond motifs is 5. The second-order valence-corrected chi connectivity index (χ2v) is 12.3. The number of carboxylic acids is 1. The monoisotopic (exact) mass is 653 g/mol. The summed E-state index contributed by atoms with van der Waals surface area (Å²) in [4.78, 5) is 67.4. The molecule has 0 aliphatic rings. The third kappa shape index (κ3) is 6.41. The molecule has 0 bridgehead atoms. The molecular weight excluding hydrogens is 618 g/mol. The fraction of sp³-hybridized carbons (Fsp3) is 0.278. The molecule has 0 spiro atoms. The number of hydrogen-bond donors (Lipinski definition) is 3. The number of H-pyrrole nitrogens is 1. The van der Waals surface area contributed by atoms with E-state index in [0.29, 0.717) is 34.2 Å². The van der Waals surface area contributed by atoms with E-state index in [2.05, 4.69) is 9.97 Å². The minimum atomic E-state index is -1.23. The summed E-state index contributed by atoms with van der Waals surface area (Å²) in [6, 6.07) is 11.2. The van der Waals surface area contributed by atoms with E-state index in [1.54, 1.807) is 18.2 Å². The summed E-state index contributed by atoms with van der Waals surface area (Å²) in [5.74, 6) is -1.67. The van der Waals surface area contributed by atoms with Crippen LogP contribution in [-0.2, 0) is 4.74 Å². The van der Waals surface area contributed by atoms with Crippen molar-refractivity contribution >= 4 is 61.7 Å². The number of nitrogens with one attached hydrogen (secondary N) is 1. The van der Waals surface area contributed by atoms with Gasteiger partial charge in [0.15, 0.2) is 11.0 Å². The van der Waals surface area contributed by atoms with Crippen LogP contribution in [0.5, 0.6) is 0 Å². The Morgan fingerprint density at radius 1 is 0.958 bits per heavy atom. The second-order valence-electron chi connectivity index (χ2n) is 12.3. The first-order valence-corrected chi connectivity index (χ1v) is 15.3. The number of rotatable bonds is 6. The molecule has 0 unspecified atom stereocenters. The zero-order valence-electron chi connectivity index (χ0n) is 27.3. The molecule has 4 heterocycles. The average Bonchev–Trinajstić information content (AvgIpc) is 3.02. The van der Waals surface area contributed by atoms with Gasteiger partial charge in [-0.05, 0) is 73.1 Å². The van der Waals surface area contributed by atoms with Gasteiger partial charge in [-0.3, -0.25) is 14.4 Å². The summed E-state index contributed by atoms with van der Waals surface area (Å²) in [5, 5.41) is 10.1. The van der Waals surface area contributed by atoms with Crippen molar-refractivity contribution in [2.75, 3.05) is 12.3 Å². The Bertz CT molecular complexity index is 2440. The van der Waals surface area contributed by atoms with Gasteiger partial charge < -0.3 is 29.4 Å². The van der Waals surface area contributed by atoms with E-state index in [4.69, 9.17) is 24.4 Å². The van der Waals surface area contributed by atoms with E-state index in [1.807, 2.05) is 53.7 Å². The van der Waals surface area contributed by atoms with E-state index in [-0.39, 0.29) is 57.2 Å². The van der Waals surface area contributed by atoms with E-state index in [1.165, 1.54) is 6.07 Å². The topological polar surface area (TPSA) is 196 Å². The van der Waals surface area contributed by atoms with Gasteiger partial charge in [-0.2, -0.15) is 4.98 Å². The summed E-state index contributed by atoms with van der Waals surface area (Å²) in [5.41, 5.74) is 7.99. The lowest BCUT2D eigenvalue weighted by molar-refractivity contribution is 0.0452. The number of benzene rings is 2. The number of anilines is 1. The number of carbonyl (C=O) groups excluding carboxylic acids is 1. The maximum Gasteiger partial charge on any atom is 0.374 e. The summed E-state index contributed by atoms with van der Waals surface area (Å²) in [6.45, 7) is 12.1. The standard InChI is InChI=1S/C20H21NO5.C16H14N2O4/c1-10(2)7-8-25-20(24)15-9-14(22)16-18(26-15)13-6-5-11(3)12(4)17(13)21-19(16)23;1-7(2)8-3-4-12-9(5-8)13(19)10-6-11(16(20)21)14(17)18-15(10)22-12/h5-6,9-10H,7-8H2,1-4H3,(H,21,23);3-7H,1-2H3,(H2,17,18)(H,20,21). The van der Waals surface area contributed by atoms with Crippen molar-refractivity contribution in [2.24, 2.45) is 5.92 Å². The van der Waals surface area contributed by atoms with Crippen LogP contribution < -0.4 is 22.2 Å². The van der Waals surface area contributed by atoms with E-state index >= 15 is 0 Å². The van der Waals surface area contributed by atoms with Gasteiger partial charge in [0.05, 0.1) is 22.9 Å². The maximum absolute atomic E-state index is 12.6. The van der Waals surface area contributed by atoms with Crippen LogP contribution in [0, 0.1) is 19.8 Å². The molecular formula is C36H35N3O9. The maximum atomic E-state index is 12.6.